The Hall–Kier alpha value is -2.57. The first-order valence-electron chi connectivity index (χ1n) is 8.43. The van der Waals surface area contributed by atoms with Crippen molar-refractivity contribution in [1.29, 1.82) is 0 Å². The van der Waals surface area contributed by atoms with Gasteiger partial charge in [0.05, 0.1) is 6.42 Å². The van der Waals surface area contributed by atoms with Crippen LogP contribution in [0.2, 0.25) is 0 Å². The summed E-state index contributed by atoms with van der Waals surface area (Å²) in [7, 11) is 0. The number of carbonyl (C=O) groups is 3. The fourth-order valence-electron chi connectivity index (χ4n) is 1.93. The normalized spacial score (nSPS) is 12.7. The van der Waals surface area contributed by atoms with Crippen LogP contribution in [-0.4, -0.2) is 35.2 Å². The smallest absolute Gasteiger partial charge is 0.408 e. The molecule has 1 atom stereocenters. The van der Waals surface area contributed by atoms with Crippen molar-refractivity contribution in [3.8, 4) is 0 Å². The molecular formula is C19H28N2O5. The summed E-state index contributed by atoms with van der Waals surface area (Å²) in [5, 5.41) is 5.09. The molecule has 144 valence electrons. The molecule has 7 nitrogen and oxygen atoms in total. The van der Waals surface area contributed by atoms with Gasteiger partial charge in [0.2, 0.25) is 5.91 Å². The fraction of sp³-hybridized carbons (Fsp3) is 0.526. The summed E-state index contributed by atoms with van der Waals surface area (Å²) in [6, 6.07) is 7.67. The van der Waals surface area contributed by atoms with E-state index in [2.05, 4.69) is 10.6 Å². The second kappa shape index (κ2) is 8.69. The molecule has 1 aromatic carbocycles. The molecule has 0 saturated carbocycles. The number of ether oxygens (including phenoxy) is 2. The largest absolute Gasteiger partial charge is 0.458 e. The van der Waals surface area contributed by atoms with Crippen molar-refractivity contribution in [3.63, 3.8) is 0 Å². The van der Waals surface area contributed by atoms with Crippen LogP contribution in [0.5, 0.6) is 0 Å². The molecule has 0 unspecified atom stereocenters. The van der Waals surface area contributed by atoms with Crippen molar-refractivity contribution in [2.45, 2.75) is 65.2 Å². The Bertz CT molecular complexity index is 630. The topological polar surface area (TPSA) is 93.7 Å². The Morgan fingerprint density at radius 3 is 1.96 bits per heavy atom. The number of esters is 1. The number of alkyl carbamates (subject to hydrolysis) is 1. The number of benzene rings is 1. The molecule has 0 aliphatic rings. The first kappa shape index (κ1) is 21.5. The first-order chi connectivity index (χ1) is 11.9. The Labute approximate surface area is 154 Å². The lowest BCUT2D eigenvalue weighted by Crippen LogP contribution is -2.47. The zero-order chi connectivity index (χ0) is 20.0. The van der Waals surface area contributed by atoms with Crippen molar-refractivity contribution in [2.24, 2.45) is 0 Å². The van der Waals surface area contributed by atoms with E-state index in [0.29, 0.717) is 5.69 Å². The van der Waals surface area contributed by atoms with Crippen LogP contribution in [0.1, 0.15) is 48.0 Å². The van der Waals surface area contributed by atoms with Crippen molar-refractivity contribution in [2.75, 3.05) is 5.32 Å². The minimum absolute atomic E-state index is 0.275. The summed E-state index contributed by atoms with van der Waals surface area (Å²) in [4.78, 5) is 36.6. The molecule has 0 aromatic heterocycles. The standard InChI is InChI=1S/C19H28N2O5/c1-18(2,3)25-16(23)14(21-17(24)26-19(4,5)6)12-15(22)20-13-10-8-7-9-11-13/h7-11,14H,12H2,1-6H3,(H,20,22)(H,21,24)/t14-/m0/s1. The van der Waals surface area contributed by atoms with Crippen molar-refractivity contribution in [3.05, 3.63) is 30.3 Å². The SMILES string of the molecule is CC(C)(C)OC(=O)N[C@@H](CC(=O)Nc1ccccc1)C(=O)OC(C)(C)C. The highest BCUT2D eigenvalue weighted by Crippen LogP contribution is 2.13. The number of nitrogens with one attached hydrogen (secondary N) is 2. The molecule has 2 amide bonds. The summed E-state index contributed by atoms with van der Waals surface area (Å²) in [6.07, 6.45) is -1.07. The highest BCUT2D eigenvalue weighted by Gasteiger charge is 2.30. The van der Waals surface area contributed by atoms with Gasteiger partial charge in [-0.3, -0.25) is 4.79 Å². The Kier molecular flexibility index (Phi) is 7.18. The van der Waals surface area contributed by atoms with Crippen molar-refractivity contribution >= 4 is 23.7 Å². The molecule has 0 heterocycles. The van der Waals surface area contributed by atoms with Crippen LogP contribution in [0.3, 0.4) is 0 Å². The van der Waals surface area contributed by atoms with Gasteiger partial charge in [0, 0.05) is 5.69 Å². The number of carbonyl (C=O) groups excluding carboxylic acids is 3. The average molecular weight is 364 g/mol. The molecule has 0 saturated heterocycles. The van der Waals surface area contributed by atoms with Gasteiger partial charge < -0.3 is 20.1 Å². The number of hydrogen-bond acceptors (Lipinski definition) is 5. The number of anilines is 1. The van der Waals surface area contributed by atoms with Crippen molar-refractivity contribution in [1.82, 2.24) is 5.32 Å². The van der Waals surface area contributed by atoms with E-state index in [1.807, 2.05) is 6.07 Å². The number of rotatable bonds is 5. The van der Waals surface area contributed by atoms with Gasteiger partial charge in [-0.25, -0.2) is 9.59 Å². The van der Waals surface area contributed by atoms with Crippen LogP contribution in [-0.2, 0) is 19.1 Å². The van der Waals surface area contributed by atoms with E-state index in [1.54, 1.807) is 65.8 Å². The molecule has 0 radical (unpaired) electrons. The van der Waals surface area contributed by atoms with Gasteiger partial charge in [0.1, 0.15) is 17.2 Å². The van der Waals surface area contributed by atoms with Gasteiger partial charge in [-0.2, -0.15) is 0 Å². The summed E-state index contributed by atoms with van der Waals surface area (Å²) in [6.45, 7) is 10.2. The molecule has 1 aromatic rings. The number of amides is 2. The van der Waals surface area contributed by atoms with Gasteiger partial charge in [0.15, 0.2) is 0 Å². The van der Waals surface area contributed by atoms with Gasteiger partial charge in [-0.15, -0.1) is 0 Å². The second-order valence-electron chi connectivity index (χ2n) is 7.85. The lowest BCUT2D eigenvalue weighted by Gasteiger charge is -2.26. The molecule has 2 N–H and O–H groups in total. The first-order valence-corrected chi connectivity index (χ1v) is 8.43. The molecule has 1 rings (SSSR count). The minimum atomic E-state index is -1.16. The van der Waals surface area contributed by atoms with Gasteiger partial charge in [-0.1, -0.05) is 18.2 Å². The predicted octanol–water partition coefficient (Wildman–Crippen LogP) is 3.25. The predicted molar refractivity (Wildman–Crippen MR) is 98.7 cm³/mol. The molecule has 0 spiro atoms. The van der Waals surface area contributed by atoms with E-state index >= 15 is 0 Å². The summed E-state index contributed by atoms with van der Waals surface area (Å²) in [5.41, 5.74) is -0.881. The van der Waals surface area contributed by atoms with Crippen LogP contribution in [0, 0.1) is 0 Å². The third-order valence-electron chi connectivity index (χ3n) is 2.83. The quantitative estimate of drug-likeness (QED) is 0.782. The highest BCUT2D eigenvalue weighted by atomic mass is 16.6. The Morgan fingerprint density at radius 2 is 1.46 bits per heavy atom. The second-order valence-corrected chi connectivity index (χ2v) is 7.85. The van der Waals surface area contributed by atoms with Gasteiger partial charge in [-0.05, 0) is 53.7 Å². The lowest BCUT2D eigenvalue weighted by atomic mass is 10.1. The third kappa shape index (κ3) is 9.05. The summed E-state index contributed by atoms with van der Waals surface area (Å²) < 4.78 is 10.5. The van der Waals surface area contributed by atoms with Crippen molar-refractivity contribution < 1.29 is 23.9 Å². The minimum Gasteiger partial charge on any atom is -0.458 e. The summed E-state index contributed by atoms with van der Waals surface area (Å²) in [5.74, 6) is -1.13. The van der Waals surface area contributed by atoms with Gasteiger partial charge in [0.25, 0.3) is 0 Å². The summed E-state index contributed by atoms with van der Waals surface area (Å²) >= 11 is 0. The number of para-hydroxylation sites is 1. The van der Waals surface area contributed by atoms with Crippen LogP contribution >= 0.6 is 0 Å². The van der Waals surface area contributed by atoms with E-state index in [1.165, 1.54) is 0 Å². The average Bonchev–Trinajstić information content (AvgIpc) is 2.43. The molecule has 26 heavy (non-hydrogen) atoms. The zero-order valence-corrected chi connectivity index (χ0v) is 16.2. The van der Waals surface area contributed by atoms with Crippen LogP contribution in [0.15, 0.2) is 30.3 Å². The Morgan fingerprint density at radius 1 is 0.923 bits per heavy atom. The fourth-order valence-corrected chi connectivity index (χ4v) is 1.93. The highest BCUT2D eigenvalue weighted by molar-refractivity contribution is 5.95. The molecule has 0 fully saturated rings. The Balaban J connectivity index is 2.80. The third-order valence-corrected chi connectivity index (χ3v) is 2.83. The van der Waals surface area contributed by atoms with E-state index < -0.39 is 35.2 Å². The van der Waals surface area contributed by atoms with Gasteiger partial charge >= 0.3 is 12.1 Å². The molecule has 7 heteroatoms. The van der Waals surface area contributed by atoms with Crippen LogP contribution in [0.4, 0.5) is 10.5 Å². The van der Waals surface area contributed by atoms with E-state index in [0.717, 1.165) is 0 Å². The maximum absolute atomic E-state index is 12.4. The monoisotopic (exact) mass is 364 g/mol. The van der Waals surface area contributed by atoms with E-state index in [-0.39, 0.29) is 6.42 Å². The van der Waals surface area contributed by atoms with E-state index in [4.69, 9.17) is 9.47 Å². The molecular weight excluding hydrogens is 336 g/mol. The lowest BCUT2D eigenvalue weighted by molar-refractivity contribution is -0.158. The maximum atomic E-state index is 12.4. The van der Waals surface area contributed by atoms with Crippen LogP contribution in [0.25, 0.3) is 0 Å². The zero-order valence-electron chi connectivity index (χ0n) is 16.2. The maximum Gasteiger partial charge on any atom is 0.408 e. The molecule has 0 aliphatic heterocycles. The molecule has 0 aliphatic carbocycles. The van der Waals surface area contributed by atoms with Crippen LogP contribution < -0.4 is 10.6 Å². The number of hydrogen-bond donors (Lipinski definition) is 2. The molecule has 0 bridgehead atoms. The van der Waals surface area contributed by atoms with E-state index in [9.17, 15) is 14.4 Å².